The van der Waals surface area contributed by atoms with Crippen LogP contribution < -0.4 is 20.2 Å². The second-order valence-electron chi connectivity index (χ2n) is 6.22. The van der Waals surface area contributed by atoms with E-state index in [9.17, 15) is 22.8 Å². The number of anilines is 1. The Labute approximate surface area is 177 Å². The van der Waals surface area contributed by atoms with E-state index in [1.165, 1.54) is 12.3 Å². The number of nitrogens with zero attached hydrogens (tertiary/aromatic N) is 1. The summed E-state index contributed by atoms with van der Waals surface area (Å²) in [6, 6.07) is 8.99. The van der Waals surface area contributed by atoms with Crippen LogP contribution in [-0.2, 0) is 15.8 Å². The van der Waals surface area contributed by atoms with Crippen molar-refractivity contribution in [3.8, 4) is 11.5 Å². The van der Waals surface area contributed by atoms with Gasteiger partial charge in [-0.25, -0.2) is 5.43 Å². The molecule has 2 aromatic carbocycles. The fraction of sp³-hybridized carbons (Fsp3) is 0.286. The van der Waals surface area contributed by atoms with Gasteiger partial charge in [0.05, 0.1) is 25.0 Å². The van der Waals surface area contributed by atoms with Gasteiger partial charge in [0.25, 0.3) is 0 Å². The topological polar surface area (TPSA) is 89.0 Å². The van der Waals surface area contributed by atoms with E-state index in [0.717, 1.165) is 24.6 Å². The van der Waals surface area contributed by atoms with Gasteiger partial charge in [-0.15, -0.1) is 0 Å². The van der Waals surface area contributed by atoms with Crippen molar-refractivity contribution in [1.29, 1.82) is 0 Å². The first-order valence-electron chi connectivity index (χ1n) is 9.45. The van der Waals surface area contributed by atoms with Crippen molar-refractivity contribution in [1.82, 2.24) is 5.43 Å². The molecule has 10 heteroatoms. The maximum absolute atomic E-state index is 12.7. The zero-order chi connectivity index (χ0) is 22.9. The second-order valence-corrected chi connectivity index (χ2v) is 6.22. The number of amides is 2. The van der Waals surface area contributed by atoms with Gasteiger partial charge in [0, 0.05) is 5.69 Å². The average Bonchev–Trinajstić information content (AvgIpc) is 2.73. The predicted molar refractivity (Wildman–Crippen MR) is 109 cm³/mol. The number of nitrogens with one attached hydrogen (secondary N) is 2. The molecule has 0 saturated heterocycles. The number of hydrazone groups is 1. The Balaban J connectivity index is 1.98. The Morgan fingerprint density at radius 3 is 2.48 bits per heavy atom. The number of benzene rings is 2. The highest BCUT2D eigenvalue weighted by Crippen LogP contribution is 2.30. The molecule has 2 aromatic rings. The SMILES string of the molecule is CCCOc1ccc(C=NNC(=O)C(=O)Nc2cccc(C(F)(F)F)c2)cc1OCC. The molecule has 31 heavy (non-hydrogen) atoms. The summed E-state index contributed by atoms with van der Waals surface area (Å²) in [7, 11) is 0. The van der Waals surface area contributed by atoms with Gasteiger partial charge < -0.3 is 14.8 Å². The monoisotopic (exact) mass is 437 g/mol. The predicted octanol–water partition coefficient (Wildman–Crippen LogP) is 3.98. The minimum atomic E-state index is -4.56. The molecule has 0 aliphatic heterocycles. The van der Waals surface area contributed by atoms with Crippen LogP contribution >= 0.6 is 0 Å². The first-order chi connectivity index (χ1) is 14.7. The Morgan fingerprint density at radius 2 is 1.81 bits per heavy atom. The van der Waals surface area contributed by atoms with Crippen LogP contribution in [0.5, 0.6) is 11.5 Å². The van der Waals surface area contributed by atoms with Crippen molar-refractivity contribution in [3.63, 3.8) is 0 Å². The van der Waals surface area contributed by atoms with Crippen LogP contribution in [-0.4, -0.2) is 31.2 Å². The van der Waals surface area contributed by atoms with Crippen LogP contribution in [0.25, 0.3) is 0 Å². The molecule has 0 aliphatic carbocycles. The lowest BCUT2D eigenvalue weighted by molar-refractivity contribution is -0.137. The summed E-state index contributed by atoms with van der Waals surface area (Å²) in [5.41, 5.74) is 1.49. The number of hydrogen-bond acceptors (Lipinski definition) is 5. The molecule has 0 aromatic heterocycles. The van der Waals surface area contributed by atoms with Crippen LogP contribution in [0, 0.1) is 0 Å². The molecule has 0 spiro atoms. The molecule has 2 rings (SSSR count). The number of carbonyl (C=O) groups is 2. The highest BCUT2D eigenvalue weighted by molar-refractivity contribution is 6.39. The van der Waals surface area contributed by atoms with Crippen molar-refractivity contribution in [3.05, 3.63) is 53.6 Å². The second kappa shape index (κ2) is 11.0. The molecule has 0 bridgehead atoms. The van der Waals surface area contributed by atoms with Gasteiger partial charge in [0.1, 0.15) is 0 Å². The molecule has 0 unspecified atom stereocenters. The lowest BCUT2D eigenvalue weighted by Crippen LogP contribution is -2.32. The first-order valence-corrected chi connectivity index (χ1v) is 9.45. The van der Waals surface area contributed by atoms with Crippen LogP contribution in [0.15, 0.2) is 47.6 Å². The minimum Gasteiger partial charge on any atom is -0.490 e. The molecule has 2 amide bonds. The van der Waals surface area contributed by atoms with Gasteiger partial charge >= 0.3 is 18.0 Å². The molecule has 2 N–H and O–H groups in total. The molecular weight excluding hydrogens is 415 g/mol. The van der Waals surface area contributed by atoms with E-state index >= 15 is 0 Å². The highest BCUT2D eigenvalue weighted by atomic mass is 19.4. The van der Waals surface area contributed by atoms with Gasteiger partial charge in [0.2, 0.25) is 0 Å². The number of alkyl halides is 3. The molecule has 7 nitrogen and oxygen atoms in total. The Kier molecular flexibility index (Phi) is 8.42. The third kappa shape index (κ3) is 7.32. The van der Waals surface area contributed by atoms with E-state index in [-0.39, 0.29) is 5.69 Å². The average molecular weight is 437 g/mol. The zero-order valence-electron chi connectivity index (χ0n) is 17.0. The molecule has 0 heterocycles. The zero-order valence-corrected chi connectivity index (χ0v) is 17.0. The van der Waals surface area contributed by atoms with Crippen LogP contribution in [0.1, 0.15) is 31.4 Å². The fourth-order valence-corrected chi connectivity index (χ4v) is 2.38. The lowest BCUT2D eigenvalue weighted by Gasteiger charge is -2.11. The third-order valence-corrected chi connectivity index (χ3v) is 3.76. The van der Waals surface area contributed by atoms with Crippen molar-refractivity contribution < 1.29 is 32.2 Å². The standard InChI is InChI=1S/C21H22F3N3O4/c1-3-10-31-17-9-8-14(11-18(17)30-4-2)13-25-27-20(29)19(28)26-16-7-5-6-15(12-16)21(22,23)24/h5-9,11-13H,3-4,10H2,1-2H3,(H,26,28)(H,27,29). The number of rotatable bonds is 8. The maximum Gasteiger partial charge on any atom is 0.416 e. The van der Waals surface area contributed by atoms with E-state index < -0.39 is 23.6 Å². The van der Waals surface area contributed by atoms with Crippen molar-refractivity contribution in [2.45, 2.75) is 26.4 Å². The number of ether oxygens (including phenoxy) is 2. The van der Waals surface area contributed by atoms with Crippen molar-refractivity contribution in [2.75, 3.05) is 18.5 Å². The van der Waals surface area contributed by atoms with Crippen LogP contribution in [0.2, 0.25) is 0 Å². The summed E-state index contributed by atoms with van der Waals surface area (Å²) in [4.78, 5) is 23.7. The number of hydrogen-bond donors (Lipinski definition) is 2. The van der Waals surface area contributed by atoms with Crippen molar-refractivity contribution >= 4 is 23.7 Å². The fourth-order valence-electron chi connectivity index (χ4n) is 2.38. The van der Waals surface area contributed by atoms with Gasteiger partial charge in [-0.1, -0.05) is 13.0 Å². The van der Waals surface area contributed by atoms with E-state index in [2.05, 4.69) is 10.4 Å². The lowest BCUT2D eigenvalue weighted by atomic mass is 10.2. The quantitative estimate of drug-likeness (QED) is 0.371. The van der Waals surface area contributed by atoms with E-state index in [1.54, 1.807) is 18.2 Å². The van der Waals surface area contributed by atoms with Gasteiger partial charge in [0.15, 0.2) is 11.5 Å². The molecule has 0 radical (unpaired) electrons. The third-order valence-electron chi connectivity index (χ3n) is 3.76. The molecule has 0 aliphatic rings. The number of halogens is 3. The maximum atomic E-state index is 12.7. The normalized spacial score (nSPS) is 11.3. The van der Waals surface area contributed by atoms with E-state index in [4.69, 9.17) is 9.47 Å². The molecule has 0 atom stereocenters. The largest absolute Gasteiger partial charge is 0.490 e. The number of carbonyl (C=O) groups excluding carboxylic acids is 2. The van der Waals surface area contributed by atoms with Crippen LogP contribution in [0.3, 0.4) is 0 Å². The summed E-state index contributed by atoms with van der Waals surface area (Å²) in [6.07, 6.45) is -2.43. The summed E-state index contributed by atoms with van der Waals surface area (Å²) >= 11 is 0. The Hall–Kier alpha value is -3.56. The Bertz CT molecular complexity index is 946. The summed E-state index contributed by atoms with van der Waals surface area (Å²) in [5.74, 6) is -1.21. The van der Waals surface area contributed by atoms with Gasteiger partial charge in [-0.3, -0.25) is 9.59 Å². The smallest absolute Gasteiger partial charge is 0.416 e. The summed E-state index contributed by atoms with van der Waals surface area (Å²) in [6.45, 7) is 4.76. The first kappa shape index (κ1) is 23.7. The molecule has 0 fully saturated rings. The van der Waals surface area contributed by atoms with E-state index in [0.29, 0.717) is 30.3 Å². The van der Waals surface area contributed by atoms with Crippen LogP contribution in [0.4, 0.5) is 18.9 Å². The minimum absolute atomic E-state index is 0.164. The molecule has 166 valence electrons. The van der Waals surface area contributed by atoms with Gasteiger partial charge in [-0.05, 0) is 55.3 Å². The molecule has 0 saturated carbocycles. The van der Waals surface area contributed by atoms with Crippen molar-refractivity contribution in [2.24, 2.45) is 5.10 Å². The Morgan fingerprint density at radius 1 is 1.03 bits per heavy atom. The summed E-state index contributed by atoms with van der Waals surface area (Å²) in [5, 5.41) is 5.79. The highest BCUT2D eigenvalue weighted by Gasteiger charge is 2.30. The summed E-state index contributed by atoms with van der Waals surface area (Å²) < 4.78 is 49.3. The van der Waals surface area contributed by atoms with Gasteiger partial charge in [-0.2, -0.15) is 18.3 Å². The molecular formula is C21H22F3N3O4. The van der Waals surface area contributed by atoms with E-state index in [1.807, 2.05) is 19.3 Å².